The second-order valence-corrected chi connectivity index (χ2v) is 7.02. The van der Waals surface area contributed by atoms with Crippen LogP contribution < -0.4 is 0 Å². The fourth-order valence-electron chi connectivity index (χ4n) is 4.97. The third-order valence-electron chi connectivity index (χ3n) is 6.08. The first-order chi connectivity index (χ1) is 10.1. The Morgan fingerprint density at radius 3 is 2.71 bits per heavy atom. The Morgan fingerprint density at radius 2 is 2.05 bits per heavy atom. The van der Waals surface area contributed by atoms with Gasteiger partial charge in [-0.25, -0.2) is 0 Å². The van der Waals surface area contributed by atoms with Gasteiger partial charge in [0.05, 0.1) is 13.2 Å². The first-order valence-corrected chi connectivity index (χ1v) is 8.34. The normalized spacial score (nSPS) is 37.4. The smallest absolute Gasteiger partial charge is 0.171 e. The molecule has 3 fully saturated rings. The SMILES string of the molecule is C=C/C=C/CC[C@H]1C[C@@H]2C[C@@]1(C(=C)C)CCC21OCCO1. The van der Waals surface area contributed by atoms with Crippen LogP contribution in [0.15, 0.2) is 37.0 Å². The van der Waals surface area contributed by atoms with E-state index in [1.54, 1.807) is 0 Å². The summed E-state index contributed by atoms with van der Waals surface area (Å²) < 4.78 is 12.1. The standard InChI is InChI=1S/C19H28O2/c1-4-5-6-7-8-16-13-17-14-18(16,15(2)3)9-10-19(17)20-11-12-21-19/h4-6,16-17H,1-2,7-14H2,3H3/b6-5+/t16-,17+,18+/m0/s1. The maximum atomic E-state index is 6.05. The molecule has 3 atom stereocenters. The molecule has 1 heterocycles. The second-order valence-electron chi connectivity index (χ2n) is 7.02. The van der Waals surface area contributed by atoms with E-state index in [1.807, 2.05) is 6.08 Å². The van der Waals surface area contributed by atoms with E-state index in [0.717, 1.165) is 32.0 Å². The molecule has 1 saturated heterocycles. The van der Waals surface area contributed by atoms with Crippen molar-refractivity contribution in [1.82, 2.24) is 0 Å². The Kier molecular flexibility index (Phi) is 4.11. The van der Waals surface area contributed by atoms with Crippen molar-refractivity contribution in [1.29, 1.82) is 0 Å². The first kappa shape index (κ1) is 15.1. The van der Waals surface area contributed by atoms with Crippen LogP contribution >= 0.6 is 0 Å². The van der Waals surface area contributed by atoms with Crippen LogP contribution in [0.1, 0.15) is 45.4 Å². The predicted octanol–water partition coefficient (Wildman–Crippen LogP) is 4.63. The number of hydrogen-bond donors (Lipinski definition) is 0. The van der Waals surface area contributed by atoms with Gasteiger partial charge in [-0.05, 0) is 50.4 Å². The van der Waals surface area contributed by atoms with Crippen LogP contribution in [0.2, 0.25) is 0 Å². The van der Waals surface area contributed by atoms with Crippen LogP contribution in [0.3, 0.4) is 0 Å². The lowest BCUT2D eigenvalue weighted by Crippen LogP contribution is -2.43. The van der Waals surface area contributed by atoms with E-state index in [9.17, 15) is 0 Å². The molecule has 1 aliphatic heterocycles. The minimum Gasteiger partial charge on any atom is -0.347 e. The number of hydrogen-bond acceptors (Lipinski definition) is 2. The fourth-order valence-corrected chi connectivity index (χ4v) is 4.97. The van der Waals surface area contributed by atoms with E-state index in [2.05, 4.69) is 32.2 Å². The Bertz CT molecular complexity index is 444. The minimum atomic E-state index is -0.259. The lowest BCUT2D eigenvalue weighted by Gasteiger charge is -2.44. The van der Waals surface area contributed by atoms with Gasteiger partial charge >= 0.3 is 0 Å². The van der Waals surface area contributed by atoms with Crippen LogP contribution in [-0.2, 0) is 9.47 Å². The maximum absolute atomic E-state index is 6.05. The molecule has 0 radical (unpaired) electrons. The van der Waals surface area contributed by atoms with Crippen molar-refractivity contribution in [2.75, 3.05) is 13.2 Å². The van der Waals surface area contributed by atoms with E-state index in [1.165, 1.54) is 31.3 Å². The molecule has 3 aliphatic rings. The Hall–Kier alpha value is -0.860. The molecule has 0 aromatic heterocycles. The highest BCUT2D eigenvalue weighted by Crippen LogP contribution is 2.63. The van der Waals surface area contributed by atoms with Gasteiger partial charge in [0.25, 0.3) is 0 Å². The summed E-state index contributed by atoms with van der Waals surface area (Å²) in [4.78, 5) is 0. The Labute approximate surface area is 128 Å². The Balaban J connectivity index is 1.76. The van der Waals surface area contributed by atoms with Gasteiger partial charge in [0.2, 0.25) is 0 Å². The van der Waals surface area contributed by atoms with E-state index < -0.39 is 0 Å². The molecule has 116 valence electrons. The van der Waals surface area contributed by atoms with Gasteiger partial charge in [-0.3, -0.25) is 0 Å². The monoisotopic (exact) mass is 288 g/mol. The molecule has 0 amide bonds. The predicted molar refractivity (Wildman–Crippen MR) is 85.9 cm³/mol. The second kappa shape index (κ2) is 5.73. The van der Waals surface area contributed by atoms with Gasteiger partial charge in [0.15, 0.2) is 5.79 Å². The van der Waals surface area contributed by atoms with Gasteiger partial charge in [-0.1, -0.05) is 37.0 Å². The molecule has 21 heavy (non-hydrogen) atoms. The van der Waals surface area contributed by atoms with Crippen molar-refractivity contribution < 1.29 is 9.47 Å². The summed E-state index contributed by atoms with van der Waals surface area (Å²) in [5, 5.41) is 0. The van der Waals surface area contributed by atoms with Crippen molar-refractivity contribution in [3.63, 3.8) is 0 Å². The highest BCUT2D eigenvalue weighted by Gasteiger charge is 2.60. The number of rotatable bonds is 5. The molecule has 0 aromatic rings. The van der Waals surface area contributed by atoms with Gasteiger partial charge in [0.1, 0.15) is 0 Å². The molecule has 2 aliphatic carbocycles. The quantitative estimate of drug-likeness (QED) is 0.542. The van der Waals surface area contributed by atoms with E-state index >= 15 is 0 Å². The summed E-state index contributed by atoms with van der Waals surface area (Å²) in [7, 11) is 0. The molecule has 2 heteroatoms. The van der Waals surface area contributed by atoms with Crippen LogP contribution in [-0.4, -0.2) is 19.0 Å². The average molecular weight is 288 g/mol. The lowest BCUT2D eigenvalue weighted by atomic mass is 9.65. The number of ether oxygens (including phenoxy) is 2. The van der Waals surface area contributed by atoms with Crippen LogP contribution in [0.25, 0.3) is 0 Å². The lowest BCUT2D eigenvalue weighted by molar-refractivity contribution is -0.212. The largest absolute Gasteiger partial charge is 0.347 e. The zero-order valence-corrected chi connectivity index (χ0v) is 13.3. The number of fused-ring (bicyclic) bond motifs is 3. The summed E-state index contributed by atoms with van der Waals surface area (Å²) in [5.41, 5.74) is 1.70. The summed E-state index contributed by atoms with van der Waals surface area (Å²) in [6, 6.07) is 0. The van der Waals surface area contributed by atoms with Crippen LogP contribution in [0.4, 0.5) is 0 Å². The summed E-state index contributed by atoms with van der Waals surface area (Å²) >= 11 is 0. The molecule has 0 aromatic carbocycles. The molecular formula is C19H28O2. The minimum absolute atomic E-state index is 0.259. The van der Waals surface area contributed by atoms with Crippen molar-refractivity contribution in [2.24, 2.45) is 17.3 Å². The van der Waals surface area contributed by atoms with Crippen LogP contribution in [0.5, 0.6) is 0 Å². The fraction of sp³-hybridized carbons (Fsp3) is 0.684. The molecule has 0 N–H and O–H groups in total. The summed E-state index contributed by atoms with van der Waals surface area (Å²) in [5.74, 6) is 1.02. The molecule has 2 bridgehead atoms. The third-order valence-corrected chi connectivity index (χ3v) is 6.08. The van der Waals surface area contributed by atoms with Gasteiger partial charge in [0, 0.05) is 12.3 Å². The van der Waals surface area contributed by atoms with E-state index in [4.69, 9.17) is 9.47 Å². The van der Waals surface area contributed by atoms with Crippen molar-refractivity contribution >= 4 is 0 Å². The van der Waals surface area contributed by atoms with Crippen molar-refractivity contribution in [3.8, 4) is 0 Å². The average Bonchev–Trinajstić information content (AvgIpc) is 3.04. The highest BCUT2D eigenvalue weighted by molar-refractivity contribution is 5.19. The topological polar surface area (TPSA) is 18.5 Å². The van der Waals surface area contributed by atoms with Gasteiger partial charge in [-0.2, -0.15) is 0 Å². The zero-order valence-electron chi connectivity index (χ0n) is 13.3. The molecule has 0 unspecified atom stereocenters. The Morgan fingerprint density at radius 1 is 1.29 bits per heavy atom. The van der Waals surface area contributed by atoms with Crippen molar-refractivity contribution in [3.05, 3.63) is 37.0 Å². The first-order valence-electron chi connectivity index (χ1n) is 8.34. The van der Waals surface area contributed by atoms with Gasteiger partial charge in [-0.15, -0.1) is 0 Å². The zero-order chi connectivity index (χ0) is 14.9. The number of allylic oxidation sites excluding steroid dienone is 4. The molecular weight excluding hydrogens is 260 g/mol. The molecule has 2 saturated carbocycles. The highest BCUT2D eigenvalue weighted by atomic mass is 16.7. The third kappa shape index (κ3) is 2.43. The van der Waals surface area contributed by atoms with Gasteiger partial charge < -0.3 is 9.47 Å². The molecule has 3 rings (SSSR count). The summed E-state index contributed by atoms with van der Waals surface area (Å²) in [6.45, 7) is 11.8. The molecule has 2 nitrogen and oxygen atoms in total. The van der Waals surface area contributed by atoms with E-state index in [-0.39, 0.29) is 5.79 Å². The van der Waals surface area contributed by atoms with Crippen LogP contribution in [0, 0.1) is 17.3 Å². The summed E-state index contributed by atoms with van der Waals surface area (Å²) in [6.07, 6.45) is 13.2. The van der Waals surface area contributed by atoms with Crippen molar-refractivity contribution in [2.45, 2.75) is 51.2 Å². The maximum Gasteiger partial charge on any atom is 0.171 e. The van der Waals surface area contributed by atoms with E-state index in [0.29, 0.717) is 11.3 Å². The molecule has 1 spiro atoms.